The zero-order valence-electron chi connectivity index (χ0n) is 9.69. The van der Waals surface area contributed by atoms with Crippen molar-refractivity contribution in [2.24, 2.45) is 0 Å². The first kappa shape index (κ1) is 10.8. The molecule has 0 amide bonds. The molecule has 1 aromatic carbocycles. The number of carbonyl (C=O) groups is 1. The fourth-order valence-corrected chi connectivity index (χ4v) is 2.62. The van der Waals surface area contributed by atoms with Crippen LogP contribution in [-0.4, -0.2) is 24.3 Å². The number of rotatable bonds is 3. The van der Waals surface area contributed by atoms with Crippen LogP contribution < -0.4 is 0 Å². The molecule has 3 heteroatoms. The Balaban J connectivity index is 1.83. The second kappa shape index (κ2) is 3.84. The molecule has 0 radical (unpaired) electrons. The van der Waals surface area contributed by atoms with Crippen molar-refractivity contribution in [3.8, 4) is 0 Å². The summed E-state index contributed by atoms with van der Waals surface area (Å²) in [6, 6.07) is 8.10. The Hall–Kier alpha value is -1.35. The summed E-state index contributed by atoms with van der Waals surface area (Å²) in [6.07, 6.45) is 2.62. The molecule has 1 aliphatic carbocycles. The normalized spacial score (nSPS) is 25.8. The van der Waals surface area contributed by atoms with Crippen LogP contribution in [-0.2, 0) is 14.9 Å². The zero-order chi connectivity index (χ0) is 11.9. The van der Waals surface area contributed by atoms with Gasteiger partial charge in [-0.3, -0.25) is 4.79 Å². The van der Waals surface area contributed by atoms with Crippen molar-refractivity contribution in [3.63, 3.8) is 0 Å². The summed E-state index contributed by atoms with van der Waals surface area (Å²) in [7, 11) is 0. The molecule has 1 aliphatic heterocycles. The lowest BCUT2D eigenvalue weighted by molar-refractivity contribution is -0.140. The van der Waals surface area contributed by atoms with E-state index in [1.165, 1.54) is 5.56 Å². The van der Waals surface area contributed by atoms with Crippen LogP contribution >= 0.6 is 0 Å². The van der Waals surface area contributed by atoms with Gasteiger partial charge in [0.15, 0.2) is 0 Å². The van der Waals surface area contributed by atoms with Crippen LogP contribution in [0.4, 0.5) is 0 Å². The van der Waals surface area contributed by atoms with Crippen LogP contribution in [0.2, 0.25) is 0 Å². The van der Waals surface area contributed by atoms with E-state index in [1.54, 1.807) is 0 Å². The molecule has 0 bridgehead atoms. The highest BCUT2D eigenvalue weighted by Gasteiger charge is 2.51. The highest BCUT2D eigenvalue weighted by molar-refractivity contribution is 5.84. The smallest absolute Gasteiger partial charge is 0.314 e. The number of benzene rings is 1. The van der Waals surface area contributed by atoms with Gasteiger partial charge in [0.05, 0.1) is 12.0 Å². The van der Waals surface area contributed by atoms with E-state index in [0.717, 1.165) is 38.0 Å². The third kappa shape index (κ3) is 1.75. The Bertz CT molecular complexity index is 425. The molecule has 2 fully saturated rings. The maximum absolute atomic E-state index is 11.2. The average Bonchev–Trinajstić information content (AvgIpc) is 2.98. The Morgan fingerprint density at radius 2 is 2.00 bits per heavy atom. The number of aliphatic carboxylic acids is 1. The van der Waals surface area contributed by atoms with Crippen molar-refractivity contribution >= 4 is 5.97 Å². The van der Waals surface area contributed by atoms with Gasteiger partial charge in [0.2, 0.25) is 0 Å². The Labute approximate surface area is 100 Å². The van der Waals surface area contributed by atoms with E-state index in [-0.39, 0.29) is 0 Å². The molecular weight excluding hydrogens is 216 g/mol. The maximum atomic E-state index is 11.2. The number of hydrogen-bond acceptors (Lipinski definition) is 2. The van der Waals surface area contributed by atoms with E-state index in [0.29, 0.717) is 5.92 Å². The van der Waals surface area contributed by atoms with E-state index in [1.807, 2.05) is 12.1 Å². The molecule has 0 aromatic heterocycles. The third-order valence-electron chi connectivity index (χ3n) is 4.02. The molecule has 17 heavy (non-hydrogen) atoms. The molecule has 1 aromatic rings. The Morgan fingerprint density at radius 3 is 2.47 bits per heavy atom. The van der Waals surface area contributed by atoms with Gasteiger partial charge in [-0.05, 0) is 30.4 Å². The van der Waals surface area contributed by atoms with Crippen LogP contribution in [0.25, 0.3) is 0 Å². The molecule has 1 saturated carbocycles. The number of ether oxygens (including phenoxy) is 1. The first-order valence-electron chi connectivity index (χ1n) is 6.14. The van der Waals surface area contributed by atoms with Crippen molar-refractivity contribution in [1.82, 2.24) is 0 Å². The van der Waals surface area contributed by atoms with Crippen LogP contribution in [0.5, 0.6) is 0 Å². The van der Waals surface area contributed by atoms with E-state index < -0.39 is 11.4 Å². The second-order valence-electron chi connectivity index (χ2n) is 5.07. The van der Waals surface area contributed by atoms with E-state index in [9.17, 15) is 9.90 Å². The van der Waals surface area contributed by atoms with Gasteiger partial charge in [0.1, 0.15) is 0 Å². The van der Waals surface area contributed by atoms with Crippen LogP contribution in [0, 0.1) is 0 Å². The lowest BCUT2D eigenvalue weighted by Gasteiger charge is -2.13. The predicted molar refractivity (Wildman–Crippen MR) is 63.2 cm³/mol. The van der Waals surface area contributed by atoms with Gasteiger partial charge in [-0.25, -0.2) is 0 Å². The SMILES string of the molecule is O=C(O)C1(c2ccc(C3CCOC3)cc2)CC1. The summed E-state index contributed by atoms with van der Waals surface area (Å²) in [4.78, 5) is 11.2. The van der Waals surface area contributed by atoms with Crippen LogP contribution in [0.3, 0.4) is 0 Å². The molecule has 90 valence electrons. The molecular formula is C14H16O3. The minimum atomic E-state index is -0.686. The van der Waals surface area contributed by atoms with Crippen LogP contribution in [0.1, 0.15) is 36.3 Å². The number of carboxylic acid groups (broad SMARTS) is 1. The molecule has 1 heterocycles. The molecule has 3 rings (SSSR count). The van der Waals surface area contributed by atoms with Crippen molar-refractivity contribution in [1.29, 1.82) is 0 Å². The number of carboxylic acids is 1. The molecule has 3 nitrogen and oxygen atoms in total. The highest BCUT2D eigenvalue weighted by Crippen LogP contribution is 2.48. The summed E-state index contributed by atoms with van der Waals surface area (Å²) in [5, 5.41) is 9.22. The molecule has 1 N–H and O–H groups in total. The van der Waals surface area contributed by atoms with E-state index in [4.69, 9.17) is 4.74 Å². The Morgan fingerprint density at radius 1 is 1.29 bits per heavy atom. The second-order valence-corrected chi connectivity index (χ2v) is 5.07. The van der Waals surface area contributed by atoms with E-state index in [2.05, 4.69) is 12.1 Å². The van der Waals surface area contributed by atoms with Crippen molar-refractivity contribution in [3.05, 3.63) is 35.4 Å². The summed E-state index contributed by atoms with van der Waals surface area (Å²) < 4.78 is 5.37. The summed E-state index contributed by atoms with van der Waals surface area (Å²) in [6.45, 7) is 1.63. The number of hydrogen-bond donors (Lipinski definition) is 1. The van der Waals surface area contributed by atoms with Gasteiger partial charge in [-0.15, -0.1) is 0 Å². The van der Waals surface area contributed by atoms with Gasteiger partial charge in [0, 0.05) is 12.5 Å². The minimum Gasteiger partial charge on any atom is -0.481 e. The zero-order valence-corrected chi connectivity index (χ0v) is 9.69. The summed E-state index contributed by atoms with van der Waals surface area (Å²) in [5.41, 5.74) is 1.64. The average molecular weight is 232 g/mol. The molecule has 1 atom stereocenters. The van der Waals surface area contributed by atoms with Gasteiger partial charge < -0.3 is 9.84 Å². The minimum absolute atomic E-state index is 0.490. The van der Waals surface area contributed by atoms with Crippen LogP contribution in [0.15, 0.2) is 24.3 Å². The maximum Gasteiger partial charge on any atom is 0.314 e. The molecule has 0 spiro atoms. The monoisotopic (exact) mass is 232 g/mol. The largest absolute Gasteiger partial charge is 0.481 e. The fraction of sp³-hybridized carbons (Fsp3) is 0.500. The third-order valence-corrected chi connectivity index (χ3v) is 4.02. The Kier molecular flexibility index (Phi) is 2.44. The van der Waals surface area contributed by atoms with Gasteiger partial charge in [-0.2, -0.15) is 0 Å². The quantitative estimate of drug-likeness (QED) is 0.869. The van der Waals surface area contributed by atoms with Gasteiger partial charge in [0.25, 0.3) is 0 Å². The lowest BCUT2D eigenvalue weighted by Crippen LogP contribution is -2.19. The first-order valence-corrected chi connectivity index (χ1v) is 6.14. The standard InChI is InChI=1S/C14H16O3/c15-13(16)14(6-7-14)12-3-1-10(2-4-12)11-5-8-17-9-11/h1-4,11H,5-9H2,(H,15,16). The predicted octanol–water partition coefficient (Wildman–Crippen LogP) is 2.31. The molecule has 2 aliphatic rings. The molecule has 1 saturated heterocycles. The lowest BCUT2D eigenvalue weighted by atomic mass is 9.92. The highest BCUT2D eigenvalue weighted by atomic mass is 16.5. The van der Waals surface area contributed by atoms with Crippen molar-refractivity contribution < 1.29 is 14.6 Å². The van der Waals surface area contributed by atoms with Gasteiger partial charge in [-0.1, -0.05) is 24.3 Å². The summed E-state index contributed by atoms with van der Waals surface area (Å²) in [5.74, 6) is -0.196. The van der Waals surface area contributed by atoms with Crippen molar-refractivity contribution in [2.45, 2.75) is 30.6 Å². The topological polar surface area (TPSA) is 46.5 Å². The molecule has 1 unspecified atom stereocenters. The first-order chi connectivity index (χ1) is 8.22. The van der Waals surface area contributed by atoms with Crippen molar-refractivity contribution in [2.75, 3.05) is 13.2 Å². The van der Waals surface area contributed by atoms with Gasteiger partial charge >= 0.3 is 5.97 Å². The van der Waals surface area contributed by atoms with E-state index >= 15 is 0 Å². The fourth-order valence-electron chi connectivity index (χ4n) is 2.62. The summed E-state index contributed by atoms with van der Waals surface area (Å²) >= 11 is 0.